The van der Waals surface area contributed by atoms with Gasteiger partial charge in [-0.25, -0.2) is 17.8 Å². The molecule has 9 heteroatoms. The molecule has 4 rings (SSSR count). The van der Waals surface area contributed by atoms with Crippen LogP contribution in [-0.2, 0) is 21.2 Å². The monoisotopic (exact) mass is 496 g/mol. The molecule has 6 nitrogen and oxygen atoms in total. The average Bonchev–Trinajstić information content (AvgIpc) is 3.32. The van der Waals surface area contributed by atoms with E-state index in [4.69, 9.17) is 4.74 Å². The Bertz CT molecular complexity index is 1370. The highest BCUT2D eigenvalue weighted by molar-refractivity contribution is 7.90. The van der Waals surface area contributed by atoms with Crippen LogP contribution in [0.5, 0.6) is 5.75 Å². The van der Waals surface area contributed by atoms with Crippen LogP contribution in [0.15, 0.2) is 89.1 Å². The minimum Gasteiger partial charge on any atom is -0.484 e. The molecule has 0 bridgehead atoms. The summed E-state index contributed by atoms with van der Waals surface area (Å²) in [6, 6.07) is 21.4. The second kappa shape index (κ2) is 10.1. The number of carbonyl (C=O) groups is 1. The van der Waals surface area contributed by atoms with Gasteiger partial charge in [0.1, 0.15) is 11.6 Å². The Hall–Kier alpha value is -3.56. The van der Waals surface area contributed by atoms with Gasteiger partial charge in [-0.3, -0.25) is 9.69 Å². The lowest BCUT2D eigenvalue weighted by molar-refractivity contribution is -0.120. The van der Waals surface area contributed by atoms with Crippen LogP contribution in [0.2, 0.25) is 0 Å². The Morgan fingerprint density at radius 3 is 2.32 bits per heavy atom. The van der Waals surface area contributed by atoms with Gasteiger partial charge in [0.25, 0.3) is 5.91 Å². The number of sulfone groups is 1. The molecule has 0 saturated carbocycles. The van der Waals surface area contributed by atoms with Gasteiger partial charge in [0.05, 0.1) is 17.1 Å². The van der Waals surface area contributed by atoms with Crippen molar-refractivity contribution in [2.24, 2.45) is 0 Å². The molecule has 1 heterocycles. The predicted octanol–water partition coefficient (Wildman–Crippen LogP) is 4.96. The SMILES string of the molecule is CS(=O)(=O)c1ccc(OCC(=O)N(Cc2ccccc2)c2nc(-c3ccc(F)cc3)cs2)cc1. The van der Waals surface area contributed by atoms with Crippen molar-refractivity contribution in [2.45, 2.75) is 11.4 Å². The molecule has 0 saturated heterocycles. The van der Waals surface area contributed by atoms with Gasteiger partial charge in [-0.2, -0.15) is 0 Å². The van der Waals surface area contributed by atoms with Crippen molar-refractivity contribution in [3.05, 3.63) is 95.6 Å². The van der Waals surface area contributed by atoms with Gasteiger partial charge in [-0.15, -0.1) is 11.3 Å². The van der Waals surface area contributed by atoms with Crippen molar-refractivity contribution < 1.29 is 22.3 Å². The number of nitrogens with zero attached hydrogens (tertiary/aromatic N) is 2. The zero-order valence-corrected chi connectivity index (χ0v) is 19.9. The van der Waals surface area contributed by atoms with Crippen LogP contribution in [0.4, 0.5) is 9.52 Å². The van der Waals surface area contributed by atoms with E-state index in [2.05, 4.69) is 4.98 Å². The summed E-state index contributed by atoms with van der Waals surface area (Å²) in [6.07, 6.45) is 1.13. The van der Waals surface area contributed by atoms with Crippen LogP contribution < -0.4 is 9.64 Å². The van der Waals surface area contributed by atoms with Crippen LogP contribution in [0.1, 0.15) is 5.56 Å². The molecule has 0 N–H and O–H groups in total. The fraction of sp³-hybridized carbons (Fsp3) is 0.120. The number of carbonyl (C=O) groups excluding carboxylic acids is 1. The third kappa shape index (κ3) is 5.86. The molecule has 0 atom stereocenters. The van der Waals surface area contributed by atoms with Crippen LogP contribution in [-0.4, -0.2) is 32.2 Å². The third-order valence-electron chi connectivity index (χ3n) is 4.96. The summed E-state index contributed by atoms with van der Waals surface area (Å²) in [4.78, 5) is 19.5. The predicted molar refractivity (Wildman–Crippen MR) is 130 cm³/mol. The summed E-state index contributed by atoms with van der Waals surface area (Å²) < 4.78 is 42.2. The highest BCUT2D eigenvalue weighted by atomic mass is 32.2. The molecule has 4 aromatic rings. The third-order valence-corrected chi connectivity index (χ3v) is 6.95. The maximum Gasteiger partial charge on any atom is 0.267 e. The van der Waals surface area contributed by atoms with Gasteiger partial charge >= 0.3 is 0 Å². The van der Waals surface area contributed by atoms with Gasteiger partial charge in [-0.05, 0) is 54.1 Å². The molecule has 0 radical (unpaired) electrons. The summed E-state index contributed by atoms with van der Waals surface area (Å²) in [7, 11) is -3.32. The molecule has 0 spiro atoms. The maximum atomic E-state index is 13.3. The van der Waals surface area contributed by atoms with Crippen molar-refractivity contribution in [3.63, 3.8) is 0 Å². The van der Waals surface area contributed by atoms with Crippen LogP contribution in [0, 0.1) is 5.82 Å². The lowest BCUT2D eigenvalue weighted by atomic mass is 10.2. The summed E-state index contributed by atoms with van der Waals surface area (Å²) >= 11 is 1.31. The Labute approximate surface area is 201 Å². The minimum absolute atomic E-state index is 0.174. The molecule has 0 aliphatic heterocycles. The molecule has 34 heavy (non-hydrogen) atoms. The molecule has 0 fully saturated rings. The largest absolute Gasteiger partial charge is 0.484 e. The van der Waals surface area contributed by atoms with Crippen LogP contribution in [0.25, 0.3) is 11.3 Å². The second-order valence-corrected chi connectivity index (χ2v) is 10.4. The molecule has 0 unspecified atom stereocenters. The normalized spacial score (nSPS) is 11.2. The van der Waals surface area contributed by atoms with Gasteiger partial charge in [0.2, 0.25) is 0 Å². The first-order valence-electron chi connectivity index (χ1n) is 10.3. The van der Waals surface area contributed by atoms with Crippen molar-refractivity contribution in [3.8, 4) is 17.0 Å². The quantitative estimate of drug-likeness (QED) is 0.344. The van der Waals surface area contributed by atoms with Gasteiger partial charge in [0, 0.05) is 17.2 Å². The van der Waals surface area contributed by atoms with Crippen molar-refractivity contribution in [2.75, 3.05) is 17.8 Å². The van der Waals surface area contributed by atoms with E-state index in [0.29, 0.717) is 23.1 Å². The first-order chi connectivity index (χ1) is 16.3. The Morgan fingerprint density at radius 1 is 1.00 bits per heavy atom. The molecule has 3 aromatic carbocycles. The van der Waals surface area contributed by atoms with Gasteiger partial charge < -0.3 is 4.74 Å². The molecule has 1 aromatic heterocycles. The number of anilines is 1. The molecule has 1 amide bonds. The highest BCUT2D eigenvalue weighted by Gasteiger charge is 2.21. The number of rotatable bonds is 8. The van der Waals surface area contributed by atoms with Crippen LogP contribution in [0.3, 0.4) is 0 Å². The summed E-state index contributed by atoms with van der Waals surface area (Å²) in [5.74, 6) is -0.260. The molecular formula is C25H21FN2O4S2. The topological polar surface area (TPSA) is 76.6 Å². The summed E-state index contributed by atoms with van der Waals surface area (Å²) in [5.41, 5.74) is 2.31. The molecule has 174 valence electrons. The average molecular weight is 497 g/mol. The van der Waals surface area contributed by atoms with E-state index in [1.54, 1.807) is 12.1 Å². The molecule has 0 aliphatic carbocycles. The number of halogens is 1. The second-order valence-electron chi connectivity index (χ2n) is 7.52. The Morgan fingerprint density at radius 2 is 1.68 bits per heavy atom. The number of hydrogen-bond acceptors (Lipinski definition) is 6. The fourth-order valence-electron chi connectivity index (χ4n) is 3.18. The number of hydrogen-bond donors (Lipinski definition) is 0. The standard InChI is InChI=1S/C25H21FN2O4S2/c1-34(30,31)22-13-11-21(12-14-22)32-16-24(29)28(15-18-5-3-2-4-6-18)25-27-23(17-33-25)19-7-9-20(26)10-8-19/h2-14,17H,15-16H2,1H3. The zero-order valence-electron chi connectivity index (χ0n) is 18.2. The lowest BCUT2D eigenvalue weighted by Crippen LogP contribution is -2.34. The first kappa shape index (κ1) is 23.6. The number of benzene rings is 3. The molecule has 0 aliphatic rings. The van der Waals surface area contributed by atoms with Gasteiger partial charge in [-0.1, -0.05) is 30.3 Å². The Kier molecular flexibility index (Phi) is 7.04. The van der Waals surface area contributed by atoms with Crippen molar-refractivity contribution in [1.29, 1.82) is 0 Å². The van der Waals surface area contributed by atoms with Crippen molar-refractivity contribution >= 4 is 32.2 Å². The van der Waals surface area contributed by atoms with E-state index in [9.17, 15) is 17.6 Å². The van der Waals surface area contributed by atoms with E-state index in [1.807, 2.05) is 35.7 Å². The van der Waals surface area contributed by atoms with E-state index in [0.717, 1.165) is 17.4 Å². The smallest absolute Gasteiger partial charge is 0.267 e. The van der Waals surface area contributed by atoms with E-state index < -0.39 is 9.84 Å². The van der Waals surface area contributed by atoms with Crippen LogP contribution >= 0.6 is 11.3 Å². The van der Waals surface area contributed by atoms with Gasteiger partial charge in [0.15, 0.2) is 21.6 Å². The number of amides is 1. The number of thiazole rings is 1. The van der Waals surface area contributed by atoms with E-state index >= 15 is 0 Å². The lowest BCUT2D eigenvalue weighted by Gasteiger charge is -2.20. The molecular weight excluding hydrogens is 475 g/mol. The first-order valence-corrected chi connectivity index (χ1v) is 13.1. The summed E-state index contributed by atoms with van der Waals surface area (Å²) in [5, 5.41) is 2.31. The zero-order chi connectivity index (χ0) is 24.1. The Balaban J connectivity index is 1.54. The minimum atomic E-state index is -3.32. The van der Waals surface area contributed by atoms with Crippen molar-refractivity contribution in [1.82, 2.24) is 4.98 Å². The maximum absolute atomic E-state index is 13.3. The fourth-order valence-corrected chi connectivity index (χ4v) is 4.66. The van der Waals surface area contributed by atoms with E-state index in [-0.39, 0.29) is 23.2 Å². The summed E-state index contributed by atoms with van der Waals surface area (Å²) in [6.45, 7) is 0.0446. The number of ether oxygens (including phenoxy) is 1. The van der Waals surface area contributed by atoms with E-state index in [1.165, 1.54) is 52.6 Å². The number of aromatic nitrogens is 1. The highest BCUT2D eigenvalue weighted by Crippen LogP contribution is 2.29.